The molecule has 0 saturated heterocycles. The van der Waals surface area contributed by atoms with E-state index in [0.717, 1.165) is 0 Å². The molecule has 0 unspecified atom stereocenters. The Morgan fingerprint density at radius 1 is 0.400 bits per heavy atom. The predicted octanol–water partition coefficient (Wildman–Crippen LogP) is 7.00. The van der Waals surface area contributed by atoms with Crippen LogP contribution in [0.1, 0.15) is 5.56 Å². The molecule has 0 aliphatic heterocycles. The van der Waals surface area contributed by atoms with Gasteiger partial charge in [0.15, 0.2) is 0 Å². The molecule has 0 heteroatoms. The van der Waals surface area contributed by atoms with Crippen LogP contribution >= 0.6 is 0 Å². The Morgan fingerprint density at radius 2 is 0.760 bits per heavy atom. The first-order chi connectivity index (χ1) is 12.3. The third kappa shape index (κ3) is 3.12. The van der Waals surface area contributed by atoms with Crippen LogP contribution in [0.3, 0.4) is 0 Å². The molecule has 0 aliphatic carbocycles. The van der Waals surface area contributed by atoms with Crippen molar-refractivity contribution in [1.29, 1.82) is 0 Å². The number of rotatable bonds is 3. The Bertz CT molecular complexity index is 908. The number of hydrogen-bond donors (Lipinski definition) is 0. The lowest BCUT2D eigenvalue weighted by molar-refractivity contribution is 1.44. The maximum Gasteiger partial charge on any atom is -0.0142 e. The van der Waals surface area contributed by atoms with Gasteiger partial charge in [0, 0.05) is 0 Å². The highest BCUT2D eigenvalue weighted by Gasteiger charge is 2.11. The second-order valence-electron chi connectivity index (χ2n) is 6.29. The van der Waals surface area contributed by atoms with Gasteiger partial charge >= 0.3 is 0 Å². The minimum absolute atomic E-state index is 1.25. The second kappa shape index (κ2) is 6.78. The summed E-state index contributed by atoms with van der Waals surface area (Å²) in [6.45, 7) is 2.22. The van der Waals surface area contributed by atoms with Gasteiger partial charge in [-0.15, -0.1) is 0 Å². The Labute approximate surface area is 149 Å². The zero-order valence-corrected chi connectivity index (χ0v) is 14.3. The van der Waals surface area contributed by atoms with Crippen molar-refractivity contribution in [2.24, 2.45) is 0 Å². The first kappa shape index (κ1) is 15.4. The molecule has 0 bridgehead atoms. The van der Waals surface area contributed by atoms with Crippen molar-refractivity contribution in [3.8, 4) is 33.4 Å². The van der Waals surface area contributed by atoms with Crippen LogP contribution in [0.5, 0.6) is 0 Å². The minimum Gasteiger partial charge on any atom is -0.0622 e. The van der Waals surface area contributed by atoms with Crippen LogP contribution < -0.4 is 0 Å². The van der Waals surface area contributed by atoms with Crippen molar-refractivity contribution in [1.82, 2.24) is 0 Å². The lowest BCUT2D eigenvalue weighted by Crippen LogP contribution is -1.91. The molecule has 0 N–H and O–H groups in total. The molecule has 0 spiro atoms. The summed E-state index contributed by atoms with van der Waals surface area (Å²) in [6, 6.07) is 36.5. The van der Waals surface area contributed by atoms with Gasteiger partial charge in [-0.05, 0) is 58.0 Å². The van der Waals surface area contributed by atoms with E-state index in [1.165, 1.54) is 38.9 Å². The minimum atomic E-state index is 1.25. The van der Waals surface area contributed by atoms with Gasteiger partial charge in [0.2, 0.25) is 0 Å². The summed E-state index contributed by atoms with van der Waals surface area (Å²) in [5.41, 5.74) is 8.92. The van der Waals surface area contributed by atoms with Crippen LogP contribution in [0, 0.1) is 6.92 Å². The highest BCUT2D eigenvalue weighted by Crippen LogP contribution is 2.36. The van der Waals surface area contributed by atoms with E-state index >= 15 is 0 Å². The largest absolute Gasteiger partial charge is 0.0622 e. The molecule has 0 heterocycles. The molecule has 0 fully saturated rings. The lowest BCUT2D eigenvalue weighted by Gasteiger charge is -2.16. The molecule has 0 nitrogen and oxygen atoms in total. The Hall–Kier alpha value is -3.12. The van der Waals surface area contributed by atoms with Crippen molar-refractivity contribution >= 4 is 0 Å². The van der Waals surface area contributed by atoms with Crippen LogP contribution in [-0.2, 0) is 0 Å². The fourth-order valence-corrected chi connectivity index (χ4v) is 3.35. The van der Waals surface area contributed by atoms with Gasteiger partial charge in [-0.1, -0.05) is 91.0 Å². The van der Waals surface area contributed by atoms with Crippen LogP contribution in [0.25, 0.3) is 33.4 Å². The highest BCUT2D eigenvalue weighted by molar-refractivity contribution is 5.84. The number of hydrogen-bond acceptors (Lipinski definition) is 0. The molecule has 4 aromatic rings. The Balaban J connectivity index is 1.98. The van der Waals surface area contributed by atoms with Gasteiger partial charge < -0.3 is 0 Å². The summed E-state index contributed by atoms with van der Waals surface area (Å²) in [5, 5.41) is 0. The first-order valence-corrected chi connectivity index (χ1v) is 8.64. The molecular weight excluding hydrogens is 300 g/mol. The zero-order valence-electron chi connectivity index (χ0n) is 14.3. The van der Waals surface area contributed by atoms with Crippen molar-refractivity contribution in [3.63, 3.8) is 0 Å². The van der Waals surface area contributed by atoms with E-state index in [4.69, 9.17) is 0 Å². The third-order valence-electron chi connectivity index (χ3n) is 4.68. The van der Waals surface area contributed by atoms with E-state index < -0.39 is 0 Å². The molecule has 0 saturated carbocycles. The Kier molecular flexibility index (Phi) is 4.18. The van der Waals surface area contributed by atoms with Crippen LogP contribution in [-0.4, -0.2) is 0 Å². The van der Waals surface area contributed by atoms with Crippen molar-refractivity contribution < 1.29 is 0 Å². The SMILES string of the molecule is Cc1c(-c2ccccc2)cc(-c2ccccc2)cc1-c1ccccc1. The normalized spacial score (nSPS) is 10.6. The van der Waals surface area contributed by atoms with Crippen LogP contribution in [0.15, 0.2) is 103 Å². The quantitative estimate of drug-likeness (QED) is 0.381. The smallest absolute Gasteiger partial charge is 0.0142 e. The topological polar surface area (TPSA) is 0 Å². The molecule has 4 rings (SSSR count). The monoisotopic (exact) mass is 320 g/mol. The van der Waals surface area contributed by atoms with E-state index in [0.29, 0.717) is 0 Å². The maximum atomic E-state index is 2.31. The molecule has 4 aromatic carbocycles. The summed E-state index contributed by atoms with van der Waals surface area (Å²) < 4.78 is 0. The molecule has 120 valence electrons. The molecule has 25 heavy (non-hydrogen) atoms. The van der Waals surface area contributed by atoms with Gasteiger partial charge in [-0.2, -0.15) is 0 Å². The molecule has 0 aromatic heterocycles. The van der Waals surface area contributed by atoms with Crippen molar-refractivity contribution in [2.75, 3.05) is 0 Å². The Morgan fingerprint density at radius 3 is 1.16 bits per heavy atom. The predicted molar refractivity (Wildman–Crippen MR) is 107 cm³/mol. The van der Waals surface area contributed by atoms with Gasteiger partial charge in [-0.25, -0.2) is 0 Å². The summed E-state index contributed by atoms with van der Waals surface area (Å²) >= 11 is 0. The van der Waals surface area contributed by atoms with E-state index in [2.05, 4.69) is 110 Å². The third-order valence-corrected chi connectivity index (χ3v) is 4.68. The lowest BCUT2D eigenvalue weighted by atomic mass is 9.88. The van der Waals surface area contributed by atoms with Crippen LogP contribution in [0.4, 0.5) is 0 Å². The average Bonchev–Trinajstić information content (AvgIpc) is 2.70. The van der Waals surface area contributed by atoms with Crippen molar-refractivity contribution in [2.45, 2.75) is 6.92 Å². The summed E-state index contributed by atoms with van der Waals surface area (Å²) in [7, 11) is 0. The van der Waals surface area contributed by atoms with E-state index in [1.807, 2.05) is 0 Å². The average molecular weight is 320 g/mol. The van der Waals surface area contributed by atoms with E-state index in [9.17, 15) is 0 Å². The van der Waals surface area contributed by atoms with Crippen LogP contribution in [0.2, 0.25) is 0 Å². The summed E-state index contributed by atoms with van der Waals surface area (Å²) in [5.74, 6) is 0. The van der Waals surface area contributed by atoms with Gasteiger partial charge in [-0.3, -0.25) is 0 Å². The summed E-state index contributed by atoms with van der Waals surface area (Å²) in [4.78, 5) is 0. The second-order valence-corrected chi connectivity index (χ2v) is 6.29. The first-order valence-electron chi connectivity index (χ1n) is 8.64. The molecule has 0 amide bonds. The van der Waals surface area contributed by atoms with Crippen molar-refractivity contribution in [3.05, 3.63) is 109 Å². The fourth-order valence-electron chi connectivity index (χ4n) is 3.35. The number of benzene rings is 4. The molecular formula is C25H20. The molecule has 0 atom stereocenters. The van der Waals surface area contributed by atoms with Gasteiger partial charge in [0.1, 0.15) is 0 Å². The van der Waals surface area contributed by atoms with E-state index in [1.54, 1.807) is 0 Å². The zero-order chi connectivity index (χ0) is 17.1. The maximum absolute atomic E-state index is 2.31. The van der Waals surface area contributed by atoms with E-state index in [-0.39, 0.29) is 0 Å². The fraction of sp³-hybridized carbons (Fsp3) is 0.0400. The highest BCUT2D eigenvalue weighted by atomic mass is 14.2. The standard InChI is InChI=1S/C25H20/c1-19-24(21-13-7-3-8-14-21)17-23(20-11-5-2-6-12-20)18-25(19)22-15-9-4-10-16-22/h2-18H,1H3. The molecule has 0 radical (unpaired) electrons. The summed E-state index contributed by atoms with van der Waals surface area (Å²) in [6.07, 6.45) is 0. The van der Waals surface area contributed by atoms with Gasteiger partial charge in [0.25, 0.3) is 0 Å². The van der Waals surface area contributed by atoms with Gasteiger partial charge in [0.05, 0.1) is 0 Å². The molecule has 0 aliphatic rings.